The first-order valence-electron chi connectivity index (χ1n) is 11.2. The SMILES string of the molecule is NC1=CC(c2cc(-c3ccc(C(F)(F)F)nc3)nn2Cc2ccc(C(=O)Nc3nn[nH]n3)cc2)=CC(Cl)C1. The number of carbonyl (C=O) groups is 1. The first-order chi connectivity index (χ1) is 18.2. The predicted molar refractivity (Wildman–Crippen MR) is 133 cm³/mol. The van der Waals surface area contributed by atoms with Crippen LogP contribution >= 0.6 is 11.6 Å². The second kappa shape index (κ2) is 10.1. The van der Waals surface area contributed by atoms with Crippen LogP contribution in [0.4, 0.5) is 19.1 Å². The molecule has 14 heteroatoms. The fourth-order valence-corrected chi connectivity index (χ4v) is 4.21. The molecule has 1 amide bonds. The van der Waals surface area contributed by atoms with Crippen LogP contribution in [-0.4, -0.2) is 46.7 Å². The molecule has 38 heavy (non-hydrogen) atoms. The molecule has 0 spiro atoms. The zero-order chi connectivity index (χ0) is 26.9. The molecule has 4 N–H and O–H groups in total. The Morgan fingerprint density at radius 2 is 2.00 bits per heavy atom. The van der Waals surface area contributed by atoms with Crippen LogP contribution in [0.15, 0.2) is 66.5 Å². The van der Waals surface area contributed by atoms with E-state index < -0.39 is 17.8 Å². The Morgan fingerprint density at radius 1 is 1.21 bits per heavy atom. The number of aromatic nitrogens is 7. The standard InChI is InChI=1S/C24H19ClF3N9O/c25-17-7-16(8-18(29)9-17)20-10-19(15-5-6-21(30-11-15)24(26,27)28)34-37(20)12-13-1-3-14(4-2-13)22(38)31-23-32-35-36-33-23/h1-8,10-11,17H,9,12,29H2,(H2,31,32,33,35,36,38). The molecule has 0 aliphatic heterocycles. The number of nitrogens with two attached hydrogens (primary N) is 1. The molecule has 194 valence electrons. The first kappa shape index (κ1) is 25.1. The summed E-state index contributed by atoms with van der Waals surface area (Å²) in [5.74, 6) is -0.354. The lowest BCUT2D eigenvalue weighted by atomic mass is 10.0. The van der Waals surface area contributed by atoms with Crippen molar-refractivity contribution in [1.29, 1.82) is 0 Å². The average molecular weight is 542 g/mol. The van der Waals surface area contributed by atoms with Crippen molar-refractivity contribution in [3.63, 3.8) is 0 Å². The van der Waals surface area contributed by atoms with Gasteiger partial charge in [-0.2, -0.15) is 23.5 Å². The van der Waals surface area contributed by atoms with Crippen molar-refractivity contribution in [2.75, 3.05) is 5.32 Å². The number of nitrogens with one attached hydrogen (secondary N) is 2. The second-order valence-corrected chi connectivity index (χ2v) is 9.01. The zero-order valence-corrected chi connectivity index (χ0v) is 20.2. The number of allylic oxidation sites excluding steroid dienone is 4. The van der Waals surface area contributed by atoms with Gasteiger partial charge >= 0.3 is 6.18 Å². The monoisotopic (exact) mass is 541 g/mol. The van der Waals surface area contributed by atoms with Crippen LogP contribution < -0.4 is 11.1 Å². The van der Waals surface area contributed by atoms with E-state index in [4.69, 9.17) is 17.3 Å². The Morgan fingerprint density at radius 3 is 2.63 bits per heavy atom. The minimum absolute atomic E-state index is 0.0521. The number of pyridine rings is 1. The van der Waals surface area contributed by atoms with Crippen molar-refractivity contribution < 1.29 is 18.0 Å². The number of benzene rings is 1. The molecule has 3 aromatic heterocycles. The van der Waals surface area contributed by atoms with Crippen LogP contribution in [0.25, 0.3) is 16.8 Å². The van der Waals surface area contributed by atoms with Crippen LogP contribution in [0.1, 0.15) is 33.7 Å². The second-order valence-electron chi connectivity index (χ2n) is 8.45. The minimum Gasteiger partial charge on any atom is -0.402 e. The van der Waals surface area contributed by atoms with Gasteiger partial charge in [-0.15, -0.1) is 16.7 Å². The normalized spacial score (nSPS) is 15.6. The van der Waals surface area contributed by atoms with E-state index in [0.717, 1.165) is 23.4 Å². The van der Waals surface area contributed by atoms with Crippen molar-refractivity contribution in [3.8, 4) is 11.3 Å². The molecular formula is C24H19ClF3N9O. The molecule has 1 unspecified atom stereocenters. The third-order valence-electron chi connectivity index (χ3n) is 5.68. The summed E-state index contributed by atoms with van der Waals surface area (Å²) >= 11 is 6.35. The number of alkyl halides is 4. The molecule has 3 heterocycles. The summed E-state index contributed by atoms with van der Waals surface area (Å²) < 4.78 is 40.6. The molecule has 4 aromatic rings. The third-order valence-corrected chi connectivity index (χ3v) is 5.96. The number of halogens is 4. The van der Waals surface area contributed by atoms with E-state index in [2.05, 4.69) is 36.0 Å². The molecule has 1 aromatic carbocycles. The topological polar surface area (TPSA) is 140 Å². The van der Waals surface area contributed by atoms with Crippen molar-refractivity contribution in [1.82, 2.24) is 35.4 Å². The number of aromatic amines is 1. The van der Waals surface area contributed by atoms with E-state index in [0.29, 0.717) is 41.2 Å². The number of amides is 1. The van der Waals surface area contributed by atoms with Gasteiger partial charge in [0.25, 0.3) is 11.9 Å². The van der Waals surface area contributed by atoms with Crippen LogP contribution in [0, 0.1) is 0 Å². The van der Waals surface area contributed by atoms with Gasteiger partial charge in [-0.1, -0.05) is 23.3 Å². The summed E-state index contributed by atoms with van der Waals surface area (Å²) in [6, 6.07) is 10.8. The van der Waals surface area contributed by atoms with Gasteiger partial charge in [-0.25, -0.2) is 0 Å². The Hall–Kier alpha value is -4.52. The summed E-state index contributed by atoms with van der Waals surface area (Å²) in [6.45, 7) is 0.300. The molecule has 1 aliphatic carbocycles. The number of H-pyrrole nitrogens is 1. The molecule has 5 rings (SSSR count). The number of anilines is 1. The fourth-order valence-electron chi connectivity index (χ4n) is 3.89. The van der Waals surface area contributed by atoms with E-state index in [1.807, 2.05) is 6.08 Å². The van der Waals surface area contributed by atoms with Gasteiger partial charge in [0.1, 0.15) is 5.69 Å². The van der Waals surface area contributed by atoms with E-state index in [-0.39, 0.29) is 11.3 Å². The van der Waals surface area contributed by atoms with Gasteiger partial charge in [0.05, 0.1) is 23.3 Å². The molecule has 0 saturated heterocycles. The summed E-state index contributed by atoms with van der Waals surface area (Å²) in [7, 11) is 0. The Balaban J connectivity index is 1.44. The number of carbonyl (C=O) groups excluding carboxylic acids is 1. The summed E-state index contributed by atoms with van der Waals surface area (Å²) in [6.07, 6.45) is 0.753. The van der Waals surface area contributed by atoms with Crippen molar-refractivity contribution in [2.45, 2.75) is 24.5 Å². The van der Waals surface area contributed by atoms with Crippen molar-refractivity contribution in [2.24, 2.45) is 5.73 Å². The Labute approximate surface area is 218 Å². The van der Waals surface area contributed by atoms with Crippen LogP contribution in [-0.2, 0) is 12.7 Å². The van der Waals surface area contributed by atoms with E-state index in [1.54, 1.807) is 41.1 Å². The van der Waals surface area contributed by atoms with Gasteiger partial charge in [-0.05, 0) is 52.8 Å². The molecule has 1 aliphatic rings. The highest BCUT2D eigenvalue weighted by Crippen LogP contribution is 2.32. The first-order valence-corrected chi connectivity index (χ1v) is 11.7. The van der Waals surface area contributed by atoms with E-state index in [9.17, 15) is 18.0 Å². The minimum atomic E-state index is -4.54. The molecular weight excluding hydrogens is 523 g/mol. The van der Waals surface area contributed by atoms with Crippen LogP contribution in [0.5, 0.6) is 0 Å². The number of tetrazole rings is 1. The fraction of sp³-hybridized carbons (Fsp3) is 0.167. The largest absolute Gasteiger partial charge is 0.433 e. The molecule has 0 saturated carbocycles. The molecule has 10 nitrogen and oxygen atoms in total. The molecule has 1 atom stereocenters. The van der Waals surface area contributed by atoms with Crippen molar-refractivity contribution >= 4 is 29.0 Å². The summed E-state index contributed by atoms with van der Waals surface area (Å²) in [5.41, 5.74) is 9.14. The summed E-state index contributed by atoms with van der Waals surface area (Å²) in [4.78, 5) is 15.9. The number of hydrogen-bond acceptors (Lipinski definition) is 7. The maximum Gasteiger partial charge on any atom is 0.433 e. The van der Waals surface area contributed by atoms with Gasteiger partial charge < -0.3 is 5.73 Å². The van der Waals surface area contributed by atoms with Gasteiger partial charge in [0.2, 0.25) is 0 Å². The lowest BCUT2D eigenvalue weighted by molar-refractivity contribution is -0.141. The maximum absolute atomic E-state index is 13.0. The van der Waals surface area contributed by atoms with E-state index >= 15 is 0 Å². The van der Waals surface area contributed by atoms with Gasteiger partial charge in [0, 0.05) is 29.4 Å². The van der Waals surface area contributed by atoms with Crippen molar-refractivity contribution in [3.05, 3.63) is 89.0 Å². The smallest absolute Gasteiger partial charge is 0.402 e. The van der Waals surface area contributed by atoms with Crippen LogP contribution in [0.2, 0.25) is 0 Å². The average Bonchev–Trinajstić information content (AvgIpc) is 3.54. The quantitative estimate of drug-likeness (QED) is 0.313. The van der Waals surface area contributed by atoms with Gasteiger partial charge in [0.15, 0.2) is 0 Å². The van der Waals surface area contributed by atoms with Crippen LogP contribution in [0.3, 0.4) is 0 Å². The van der Waals surface area contributed by atoms with Gasteiger partial charge in [-0.3, -0.25) is 19.8 Å². The number of nitrogens with zero attached hydrogens (tertiary/aromatic N) is 6. The highest BCUT2D eigenvalue weighted by atomic mass is 35.5. The lowest BCUT2D eigenvalue weighted by Gasteiger charge is -2.16. The third kappa shape index (κ3) is 5.57. The Kier molecular flexibility index (Phi) is 6.68. The highest BCUT2D eigenvalue weighted by Gasteiger charge is 2.32. The number of rotatable bonds is 6. The maximum atomic E-state index is 13.0. The number of hydrogen-bond donors (Lipinski definition) is 3. The lowest BCUT2D eigenvalue weighted by Crippen LogP contribution is -2.14. The zero-order valence-electron chi connectivity index (χ0n) is 19.4. The van der Waals surface area contributed by atoms with E-state index in [1.165, 1.54) is 6.07 Å². The predicted octanol–water partition coefficient (Wildman–Crippen LogP) is 4.01. The molecule has 0 fully saturated rings. The Bertz CT molecular complexity index is 1510. The summed E-state index contributed by atoms with van der Waals surface area (Å²) in [5, 5.41) is 19.8. The molecule has 0 radical (unpaired) electrons. The highest BCUT2D eigenvalue weighted by molar-refractivity contribution is 6.22. The molecule has 0 bridgehead atoms.